The molecular weight excluding hydrogens is 286 g/mol. The molecule has 1 atom stereocenters. The molecule has 0 aliphatic rings. The molecule has 0 fully saturated rings. The van der Waals surface area contributed by atoms with E-state index >= 15 is 0 Å². The number of carbonyl (C=O) groups excluding carboxylic acids is 2. The second-order valence-corrected chi connectivity index (χ2v) is 4.91. The van der Waals surface area contributed by atoms with Crippen molar-refractivity contribution in [3.63, 3.8) is 0 Å². The van der Waals surface area contributed by atoms with E-state index in [1.54, 1.807) is 19.1 Å². The first-order valence-electron chi connectivity index (χ1n) is 6.68. The van der Waals surface area contributed by atoms with Gasteiger partial charge in [0.05, 0.1) is 5.69 Å². The highest BCUT2D eigenvalue weighted by Crippen LogP contribution is 2.17. The Hall–Kier alpha value is -2.83. The van der Waals surface area contributed by atoms with E-state index in [0.29, 0.717) is 11.4 Å². The molecule has 7 nitrogen and oxygen atoms in total. The average Bonchev–Trinajstić information content (AvgIpc) is 2.80. The van der Waals surface area contributed by atoms with E-state index in [0.717, 1.165) is 5.56 Å². The maximum atomic E-state index is 12.0. The van der Waals surface area contributed by atoms with Crippen molar-refractivity contribution in [2.24, 2.45) is 0 Å². The summed E-state index contributed by atoms with van der Waals surface area (Å²) in [7, 11) is 0. The standard InChI is InChI=1S/C15H17N3O4/c1-8-4-6-11(7-5-8)17-14(19)10(3)21-15(20)12-9(2)18-22-13(12)16/h4-7,10H,16H2,1-3H3,(H,17,19)/t10-/m1/s1. The Morgan fingerprint density at radius 2 is 1.91 bits per heavy atom. The van der Waals surface area contributed by atoms with Crippen molar-refractivity contribution in [3.05, 3.63) is 41.1 Å². The van der Waals surface area contributed by atoms with Gasteiger partial charge < -0.3 is 20.3 Å². The third kappa shape index (κ3) is 3.43. The highest BCUT2D eigenvalue weighted by Gasteiger charge is 2.24. The van der Waals surface area contributed by atoms with Gasteiger partial charge in [-0.1, -0.05) is 22.9 Å². The van der Waals surface area contributed by atoms with Crippen LogP contribution in [0.3, 0.4) is 0 Å². The van der Waals surface area contributed by atoms with Crippen molar-refractivity contribution < 1.29 is 18.8 Å². The number of rotatable bonds is 4. The van der Waals surface area contributed by atoms with E-state index in [4.69, 9.17) is 15.0 Å². The molecule has 1 heterocycles. The van der Waals surface area contributed by atoms with Crippen molar-refractivity contribution in [2.75, 3.05) is 11.1 Å². The minimum atomic E-state index is -0.984. The lowest BCUT2D eigenvalue weighted by atomic mass is 10.2. The smallest absolute Gasteiger partial charge is 0.346 e. The normalized spacial score (nSPS) is 11.8. The molecule has 3 N–H and O–H groups in total. The fourth-order valence-corrected chi connectivity index (χ4v) is 1.79. The van der Waals surface area contributed by atoms with Gasteiger partial charge in [0, 0.05) is 5.69 Å². The number of carbonyl (C=O) groups is 2. The maximum absolute atomic E-state index is 12.0. The van der Waals surface area contributed by atoms with Crippen LogP contribution in [0.15, 0.2) is 28.8 Å². The molecule has 0 aliphatic heterocycles. The van der Waals surface area contributed by atoms with Gasteiger partial charge in [-0.3, -0.25) is 4.79 Å². The van der Waals surface area contributed by atoms with E-state index in [2.05, 4.69) is 10.5 Å². The van der Waals surface area contributed by atoms with Crippen molar-refractivity contribution in [1.29, 1.82) is 0 Å². The summed E-state index contributed by atoms with van der Waals surface area (Å²) in [6.45, 7) is 4.98. The van der Waals surface area contributed by atoms with Crippen LogP contribution >= 0.6 is 0 Å². The summed E-state index contributed by atoms with van der Waals surface area (Å²) in [5, 5.41) is 6.23. The predicted molar refractivity (Wildman–Crippen MR) is 80.3 cm³/mol. The lowest BCUT2D eigenvalue weighted by Gasteiger charge is -2.13. The second kappa shape index (κ2) is 6.30. The van der Waals surface area contributed by atoms with Gasteiger partial charge in [-0.05, 0) is 32.9 Å². The van der Waals surface area contributed by atoms with Crippen LogP contribution in [0, 0.1) is 13.8 Å². The number of esters is 1. The minimum Gasteiger partial charge on any atom is -0.449 e. The summed E-state index contributed by atoms with van der Waals surface area (Å²) >= 11 is 0. The molecule has 0 saturated carbocycles. The fraction of sp³-hybridized carbons (Fsp3) is 0.267. The van der Waals surface area contributed by atoms with Crippen molar-refractivity contribution >= 4 is 23.4 Å². The molecule has 2 rings (SSSR count). The number of benzene rings is 1. The van der Waals surface area contributed by atoms with Crippen molar-refractivity contribution in [1.82, 2.24) is 5.16 Å². The number of hydrogen-bond donors (Lipinski definition) is 2. The molecule has 22 heavy (non-hydrogen) atoms. The highest BCUT2D eigenvalue weighted by atomic mass is 16.5. The van der Waals surface area contributed by atoms with Crippen LogP contribution in [-0.2, 0) is 9.53 Å². The number of amides is 1. The Balaban J connectivity index is 1.99. The van der Waals surface area contributed by atoms with Crippen molar-refractivity contribution in [3.8, 4) is 0 Å². The fourth-order valence-electron chi connectivity index (χ4n) is 1.79. The number of anilines is 2. The zero-order valence-corrected chi connectivity index (χ0v) is 12.5. The molecule has 1 aromatic heterocycles. The Labute approximate surface area is 127 Å². The van der Waals surface area contributed by atoms with Crippen LogP contribution < -0.4 is 11.1 Å². The molecule has 0 saturated heterocycles. The highest BCUT2D eigenvalue weighted by molar-refractivity contribution is 5.99. The quantitative estimate of drug-likeness (QED) is 0.837. The van der Waals surface area contributed by atoms with E-state index in [-0.39, 0.29) is 11.4 Å². The number of aromatic nitrogens is 1. The average molecular weight is 303 g/mol. The van der Waals surface area contributed by atoms with Crippen molar-refractivity contribution in [2.45, 2.75) is 26.9 Å². The number of nitrogens with one attached hydrogen (secondary N) is 1. The lowest BCUT2D eigenvalue weighted by Crippen LogP contribution is -2.30. The van der Waals surface area contributed by atoms with E-state index in [1.807, 2.05) is 19.1 Å². The number of ether oxygens (including phenoxy) is 1. The molecule has 1 aromatic carbocycles. The molecule has 0 spiro atoms. The third-order valence-electron chi connectivity index (χ3n) is 3.07. The van der Waals surface area contributed by atoms with Gasteiger partial charge in [-0.15, -0.1) is 0 Å². The first-order valence-corrected chi connectivity index (χ1v) is 6.68. The maximum Gasteiger partial charge on any atom is 0.346 e. The van der Waals surface area contributed by atoms with Gasteiger partial charge in [-0.2, -0.15) is 0 Å². The summed E-state index contributed by atoms with van der Waals surface area (Å²) in [5.74, 6) is -1.32. The third-order valence-corrected chi connectivity index (χ3v) is 3.07. The zero-order chi connectivity index (χ0) is 16.3. The van der Waals surface area contributed by atoms with Gasteiger partial charge in [0.15, 0.2) is 6.10 Å². The van der Waals surface area contributed by atoms with Crippen LogP contribution in [0.1, 0.15) is 28.5 Å². The molecule has 1 amide bonds. The number of nitrogens with zero attached hydrogens (tertiary/aromatic N) is 1. The number of hydrogen-bond acceptors (Lipinski definition) is 6. The molecule has 2 aromatic rings. The number of nitrogen functional groups attached to an aromatic ring is 1. The Morgan fingerprint density at radius 3 is 2.45 bits per heavy atom. The van der Waals surface area contributed by atoms with Gasteiger partial charge in [0.25, 0.3) is 5.91 Å². The van der Waals surface area contributed by atoms with Crippen LogP contribution in [0.5, 0.6) is 0 Å². The molecular formula is C15H17N3O4. The van der Waals surface area contributed by atoms with E-state index < -0.39 is 18.0 Å². The Bertz CT molecular complexity index is 672. The van der Waals surface area contributed by atoms with Gasteiger partial charge in [0.1, 0.15) is 5.56 Å². The Morgan fingerprint density at radius 1 is 1.27 bits per heavy atom. The van der Waals surface area contributed by atoms with Crippen LogP contribution in [-0.4, -0.2) is 23.1 Å². The van der Waals surface area contributed by atoms with Gasteiger partial charge in [0.2, 0.25) is 5.88 Å². The topological polar surface area (TPSA) is 107 Å². The summed E-state index contributed by atoms with van der Waals surface area (Å²) in [6.07, 6.45) is -0.984. The SMILES string of the molecule is Cc1ccc(NC(=O)[C@@H](C)OC(=O)c2c(C)noc2N)cc1. The first kappa shape index (κ1) is 15.6. The summed E-state index contributed by atoms with van der Waals surface area (Å²) in [4.78, 5) is 24.0. The minimum absolute atomic E-state index is 0.0370. The molecule has 0 radical (unpaired) electrons. The van der Waals surface area contributed by atoms with E-state index in [1.165, 1.54) is 6.92 Å². The van der Waals surface area contributed by atoms with E-state index in [9.17, 15) is 9.59 Å². The van der Waals surface area contributed by atoms with Crippen LogP contribution in [0.25, 0.3) is 0 Å². The molecule has 0 aliphatic carbocycles. The summed E-state index contributed by atoms with van der Waals surface area (Å²) < 4.78 is 9.77. The Kier molecular flexibility index (Phi) is 4.45. The second-order valence-electron chi connectivity index (χ2n) is 4.91. The number of nitrogens with two attached hydrogens (primary N) is 1. The molecule has 0 bridgehead atoms. The monoisotopic (exact) mass is 303 g/mol. The summed E-state index contributed by atoms with van der Waals surface area (Å²) in [5.41, 5.74) is 7.56. The first-order chi connectivity index (χ1) is 10.4. The van der Waals surface area contributed by atoms with Crippen LogP contribution in [0.2, 0.25) is 0 Å². The molecule has 0 unspecified atom stereocenters. The largest absolute Gasteiger partial charge is 0.449 e. The van der Waals surface area contributed by atoms with Crippen LogP contribution in [0.4, 0.5) is 11.6 Å². The summed E-state index contributed by atoms with van der Waals surface area (Å²) in [6, 6.07) is 7.27. The number of aryl methyl sites for hydroxylation is 2. The lowest BCUT2D eigenvalue weighted by molar-refractivity contribution is -0.123. The predicted octanol–water partition coefficient (Wildman–Crippen LogP) is 2.06. The zero-order valence-electron chi connectivity index (χ0n) is 12.5. The molecule has 116 valence electrons. The van der Waals surface area contributed by atoms with Gasteiger partial charge in [-0.25, -0.2) is 4.79 Å². The molecule has 7 heteroatoms. The van der Waals surface area contributed by atoms with Gasteiger partial charge >= 0.3 is 5.97 Å².